The van der Waals surface area contributed by atoms with Crippen molar-refractivity contribution in [2.24, 2.45) is 0 Å². The summed E-state index contributed by atoms with van der Waals surface area (Å²) in [5.74, 6) is 0. The Morgan fingerprint density at radius 2 is 2.00 bits per heavy atom. The lowest BCUT2D eigenvalue weighted by atomic mass is 10.0. The molecule has 0 aromatic heterocycles. The molecule has 78 valence electrons. The van der Waals surface area contributed by atoms with Gasteiger partial charge in [-0.2, -0.15) is 0 Å². The maximum atomic E-state index is 9.70. The van der Waals surface area contributed by atoms with Crippen LogP contribution in [0.5, 0.6) is 0 Å². The summed E-state index contributed by atoms with van der Waals surface area (Å²) in [5.41, 5.74) is 7.85. The number of benzene rings is 1. The molecule has 2 unspecified atom stereocenters. The van der Waals surface area contributed by atoms with E-state index in [1.54, 1.807) is 6.07 Å². The molecule has 0 aliphatic carbocycles. The van der Waals surface area contributed by atoms with Crippen molar-refractivity contribution in [2.45, 2.75) is 19.1 Å². The van der Waals surface area contributed by atoms with Crippen molar-refractivity contribution in [2.75, 3.05) is 11.1 Å². The van der Waals surface area contributed by atoms with Gasteiger partial charge in [-0.1, -0.05) is 22.0 Å². The number of nitrogens with two attached hydrogens (primary N) is 1. The van der Waals surface area contributed by atoms with Gasteiger partial charge in [0.25, 0.3) is 0 Å². The molecule has 4 heteroatoms. The molecule has 1 aromatic rings. The number of hydrogen-bond acceptors (Lipinski definition) is 3. The molecule has 4 N–H and O–H groups in total. The van der Waals surface area contributed by atoms with Gasteiger partial charge in [0.15, 0.2) is 0 Å². The fourth-order valence-corrected chi connectivity index (χ4v) is 1.67. The maximum Gasteiger partial charge on any atom is 0.106 e. The van der Waals surface area contributed by atoms with Gasteiger partial charge in [-0.3, -0.25) is 0 Å². The highest BCUT2D eigenvalue weighted by atomic mass is 79.9. The second-order valence-electron chi connectivity index (χ2n) is 3.34. The predicted molar refractivity (Wildman–Crippen MR) is 60.4 cm³/mol. The van der Waals surface area contributed by atoms with Crippen LogP contribution < -0.4 is 5.73 Å². The smallest absolute Gasteiger partial charge is 0.106 e. The standard InChI is InChI=1S/C10H14BrNO2/c1-6-2-7(4-8(12)3-6)10(14)9(13)5-11/h2-4,9-10,13-14H,5,12H2,1H3. The molecule has 2 atom stereocenters. The third-order valence-electron chi connectivity index (χ3n) is 1.99. The minimum Gasteiger partial charge on any atom is -0.399 e. The number of aryl methyl sites for hydroxylation is 1. The highest BCUT2D eigenvalue weighted by Gasteiger charge is 2.17. The van der Waals surface area contributed by atoms with Crippen LogP contribution in [0.1, 0.15) is 17.2 Å². The zero-order chi connectivity index (χ0) is 10.7. The van der Waals surface area contributed by atoms with Crippen molar-refractivity contribution in [3.8, 4) is 0 Å². The molecule has 0 saturated carbocycles. The van der Waals surface area contributed by atoms with Gasteiger partial charge >= 0.3 is 0 Å². The van der Waals surface area contributed by atoms with Crippen LogP contribution >= 0.6 is 15.9 Å². The first kappa shape index (κ1) is 11.5. The largest absolute Gasteiger partial charge is 0.399 e. The van der Waals surface area contributed by atoms with E-state index in [0.717, 1.165) is 5.56 Å². The van der Waals surface area contributed by atoms with Crippen LogP contribution in [-0.4, -0.2) is 21.6 Å². The van der Waals surface area contributed by atoms with Gasteiger partial charge in [-0.05, 0) is 30.2 Å². The second kappa shape index (κ2) is 4.77. The Morgan fingerprint density at radius 1 is 1.36 bits per heavy atom. The molecule has 0 heterocycles. The summed E-state index contributed by atoms with van der Waals surface area (Å²) in [6.07, 6.45) is -1.70. The van der Waals surface area contributed by atoms with E-state index in [-0.39, 0.29) is 0 Å². The van der Waals surface area contributed by atoms with Crippen molar-refractivity contribution in [1.29, 1.82) is 0 Å². The zero-order valence-corrected chi connectivity index (χ0v) is 9.53. The van der Waals surface area contributed by atoms with Crippen LogP contribution in [0.25, 0.3) is 0 Å². The molecule has 0 fully saturated rings. The molecule has 0 aliphatic heterocycles. The molecule has 3 nitrogen and oxygen atoms in total. The number of aliphatic hydroxyl groups excluding tert-OH is 2. The van der Waals surface area contributed by atoms with Gasteiger partial charge in [0.1, 0.15) is 6.10 Å². The van der Waals surface area contributed by atoms with Crippen LogP contribution in [0, 0.1) is 6.92 Å². The topological polar surface area (TPSA) is 66.5 Å². The molecule has 0 spiro atoms. The summed E-state index contributed by atoms with van der Waals surface area (Å²) in [7, 11) is 0. The molecular weight excluding hydrogens is 246 g/mol. The molecule has 1 aromatic carbocycles. The Morgan fingerprint density at radius 3 is 2.50 bits per heavy atom. The molecule has 0 aliphatic rings. The van der Waals surface area contributed by atoms with Gasteiger partial charge in [0.2, 0.25) is 0 Å². The third kappa shape index (κ3) is 2.70. The van der Waals surface area contributed by atoms with E-state index >= 15 is 0 Å². The van der Waals surface area contributed by atoms with E-state index in [1.165, 1.54) is 0 Å². The SMILES string of the molecule is Cc1cc(N)cc(C(O)C(O)CBr)c1. The number of nitrogen functional groups attached to an aromatic ring is 1. The summed E-state index contributed by atoms with van der Waals surface area (Å²) >= 11 is 3.11. The number of aliphatic hydroxyl groups is 2. The van der Waals surface area contributed by atoms with Crippen molar-refractivity contribution >= 4 is 21.6 Å². The number of alkyl halides is 1. The van der Waals surface area contributed by atoms with Crippen molar-refractivity contribution < 1.29 is 10.2 Å². The predicted octanol–water partition coefficient (Wildman–Crippen LogP) is 1.37. The molecule has 0 bridgehead atoms. The van der Waals surface area contributed by atoms with E-state index in [1.807, 2.05) is 19.1 Å². The summed E-state index contributed by atoms with van der Waals surface area (Å²) in [4.78, 5) is 0. The van der Waals surface area contributed by atoms with Gasteiger partial charge < -0.3 is 15.9 Å². The van der Waals surface area contributed by atoms with E-state index in [9.17, 15) is 10.2 Å². The fraction of sp³-hybridized carbons (Fsp3) is 0.400. The van der Waals surface area contributed by atoms with Crippen molar-refractivity contribution in [3.63, 3.8) is 0 Å². The lowest BCUT2D eigenvalue weighted by Crippen LogP contribution is -2.19. The average Bonchev–Trinajstić information content (AvgIpc) is 2.14. The first-order valence-electron chi connectivity index (χ1n) is 4.33. The van der Waals surface area contributed by atoms with E-state index in [4.69, 9.17) is 5.73 Å². The van der Waals surface area contributed by atoms with Gasteiger partial charge in [0.05, 0.1) is 6.10 Å². The summed E-state index contributed by atoms with van der Waals surface area (Å²) in [5, 5.41) is 19.5. The Hall–Kier alpha value is -0.580. The van der Waals surface area contributed by atoms with Crippen LogP contribution in [-0.2, 0) is 0 Å². The fourth-order valence-electron chi connectivity index (χ4n) is 1.32. The highest BCUT2D eigenvalue weighted by molar-refractivity contribution is 9.09. The molecule has 1 rings (SSSR count). The first-order chi connectivity index (χ1) is 6.54. The lowest BCUT2D eigenvalue weighted by Gasteiger charge is -2.16. The normalized spacial score (nSPS) is 15.1. The maximum absolute atomic E-state index is 9.70. The molecule has 14 heavy (non-hydrogen) atoms. The first-order valence-corrected chi connectivity index (χ1v) is 5.46. The number of anilines is 1. The monoisotopic (exact) mass is 259 g/mol. The minimum atomic E-state index is -0.892. The van der Waals surface area contributed by atoms with Gasteiger partial charge in [0, 0.05) is 11.0 Å². The van der Waals surface area contributed by atoms with Crippen molar-refractivity contribution in [1.82, 2.24) is 0 Å². The second-order valence-corrected chi connectivity index (χ2v) is 3.99. The highest BCUT2D eigenvalue weighted by Crippen LogP contribution is 2.21. The molecule has 0 amide bonds. The summed E-state index contributed by atoms with van der Waals surface area (Å²) in [6, 6.07) is 5.30. The third-order valence-corrected chi connectivity index (χ3v) is 2.65. The molecule has 0 saturated heterocycles. The van der Waals surface area contributed by atoms with Gasteiger partial charge in [-0.15, -0.1) is 0 Å². The quantitative estimate of drug-likeness (QED) is 0.568. The van der Waals surface area contributed by atoms with E-state index < -0.39 is 12.2 Å². The summed E-state index contributed by atoms with van der Waals surface area (Å²) in [6.45, 7) is 1.90. The molecular formula is C10H14BrNO2. The lowest BCUT2D eigenvalue weighted by molar-refractivity contribution is 0.0343. The van der Waals surface area contributed by atoms with E-state index in [0.29, 0.717) is 16.6 Å². The Kier molecular flexibility index (Phi) is 3.92. The Labute approximate surface area is 91.7 Å². The zero-order valence-electron chi connectivity index (χ0n) is 7.94. The number of rotatable bonds is 3. The van der Waals surface area contributed by atoms with Gasteiger partial charge in [-0.25, -0.2) is 0 Å². The average molecular weight is 260 g/mol. The Balaban J connectivity index is 2.94. The van der Waals surface area contributed by atoms with Crippen molar-refractivity contribution in [3.05, 3.63) is 29.3 Å². The Bertz CT molecular complexity index is 297. The molecule has 0 radical (unpaired) electrons. The van der Waals surface area contributed by atoms with Crippen LogP contribution in [0.3, 0.4) is 0 Å². The minimum absolute atomic E-state index is 0.335. The number of hydrogen-bond donors (Lipinski definition) is 3. The number of halogens is 1. The van der Waals surface area contributed by atoms with Crippen LogP contribution in [0.2, 0.25) is 0 Å². The summed E-state index contributed by atoms with van der Waals surface area (Å²) < 4.78 is 0. The van der Waals surface area contributed by atoms with Crippen LogP contribution in [0.4, 0.5) is 5.69 Å². The van der Waals surface area contributed by atoms with Crippen LogP contribution in [0.15, 0.2) is 18.2 Å². The van der Waals surface area contributed by atoms with E-state index in [2.05, 4.69) is 15.9 Å².